The van der Waals surface area contributed by atoms with E-state index in [4.69, 9.17) is 0 Å². The number of hydrogen-bond donors (Lipinski definition) is 1. The summed E-state index contributed by atoms with van der Waals surface area (Å²) in [6, 6.07) is 12.0. The molecule has 9 nitrogen and oxygen atoms in total. The molecule has 2 saturated heterocycles. The third-order valence-electron chi connectivity index (χ3n) is 6.83. The standard InChI is InChI=1S/C24H32N8O/c1-18(24(33)25-20-6-8-21(9-7-20)30-12-4-3-5-13-30)29-14-16-31(17-15-29)23-11-10-22-27-26-19(2)32(22)28-23/h6-11,18H,3-5,12-17H2,1-2H3,(H,25,33). The van der Waals surface area contributed by atoms with Crippen LogP contribution < -0.4 is 15.1 Å². The maximum absolute atomic E-state index is 12.9. The second-order valence-electron chi connectivity index (χ2n) is 8.99. The highest BCUT2D eigenvalue weighted by Gasteiger charge is 2.26. The van der Waals surface area contributed by atoms with E-state index in [9.17, 15) is 4.79 Å². The number of fused-ring (bicyclic) bond motifs is 1. The lowest BCUT2D eigenvalue weighted by Gasteiger charge is -2.37. The summed E-state index contributed by atoms with van der Waals surface area (Å²) < 4.78 is 1.77. The second kappa shape index (κ2) is 9.35. The number of carbonyl (C=O) groups is 1. The fraction of sp³-hybridized carbons (Fsp3) is 0.500. The third kappa shape index (κ3) is 4.64. The Bertz CT molecular complexity index is 1100. The van der Waals surface area contributed by atoms with Crippen LogP contribution in [0, 0.1) is 6.92 Å². The number of aromatic nitrogens is 4. The van der Waals surface area contributed by atoms with E-state index in [1.165, 1.54) is 24.9 Å². The van der Waals surface area contributed by atoms with Gasteiger partial charge in [-0.3, -0.25) is 9.69 Å². The number of nitrogens with one attached hydrogen (secondary N) is 1. The van der Waals surface area contributed by atoms with Gasteiger partial charge in [0.2, 0.25) is 5.91 Å². The number of amides is 1. The van der Waals surface area contributed by atoms with Gasteiger partial charge in [-0.25, -0.2) is 0 Å². The lowest BCUT2D eigenvalue weighted by Crippen LogP contribution is -2.53. The summed E-state index contributed by atoms with van der Waals surface area (Å²) in [7, 11) is 0. The third-order valence-corrected chi connectivity index (χ3v) is 6.83. The van der Waals surface area contributed by atoms with Crippen molar-refractivity contribution in [2.24, 2.45) is 0 Å². The minimum absolute atomic E-state index is 0.0360. The van der Waals surface area contributed by atoms with Crippen molar-refractivity contribution in [3.8, 4) is 0 Å². The zero-order valence-electron chi connectivity index (χ0n) is 19.4. The van der Waals surface area contributed by atoms with Crippen molar-refractivity contribution in [1.82, 2.24) is 24.7 Å². The Balaban J connectivity index is 1.15. The second-order valence-corrected chi connectivity index (χ2v) is 8.99. The summed E-state index contributed by atoms with van der Waals surface area (Å²) >= 11 is 0. The highest BCUT2D eigenvalue weighted by Crippen LogP contribution is 2.22. The van der Waals surface area contributed by atoms with Gasteiger partial charge in [0.05, 0.1) is 6.04 Å². The van der Waals surface area contributed by atoms with Crippen molar-refractivity contribution >= 4 is 28.7 Å². The molecular weight excluding hydrogens is 416 g/mol. The largest absolute Gasteiger partial charge is 0.372 e. The van der Waals surface area contributed by atoms with Gasteiger partial charge in [-0.1, -0.05) is 0 Å². The molecule has 2 aromatic heterocycles. The van der Waals surface area contributed by atoms with Gasteiger partial charge < -0.3 is 15.1 Å². The summed E-state index contributed by atoms with van der Waals surface area (Å²) in [5.74, 6) is 1.73. The molecule has 2 aliphatic heterocycles. The van der Waals surface area contributed by atoms with Crippen molar-refractivity contribution in [2.45, 2.75) is 39.2 Å². The molecule has 0 bridgehead atoms. The summed E-state index contributed by atoms with van der Waals surface area (Å²) in [4.78, 5) is 19.8. The SMILES string of the molecule is Cc1nnc2ccc(N3CCN(C(C)C(=O)Nc4ccc(N5CCCCC5)cc4)CC3)nn12. The molecule has 1 amide bonds. The van der Waals surface area contributed by atoms with Gasteiger partial charge in [-0.15, -0.1) is 15.3 Å². The lowest BCUT2D eigenvalue weighted by atomic mass is 10.1. The van der Waals surface area contributed by atoms with Gasteiger partial charge >= 0.3 is 0 Å². The van der Waals surface area contributed by atoms with Crippen molar-refractivity contribution in [1.29, 1.82) is 0 Å². The average Bonchev–Trinajstić information content (AvgIpc) is 3.24. The highest BCUT2D eigenvalue weighted by atomic mass is 16.2. The Morgan fingerprint density at radius 1 is 0.879 bits per heavy atom. The predicted octanol–water partition coefficient (Wildman–Crippen LogP) is 2.57. The van der Waals surface area contributed by atoms with Gasteiger partial charge in [-0.05, 0) is 69.5 Å². The molecule has 5 rings (SSSR count). The van der Waals surface area contributed by atoms with Gasteiger partial charge in [-0.2, -0.15) is 4.52 Å². The molecule has 1 aromatic carbocycles. The van der Waals surface area contributed by atoms with Crippen LogP contribution in [0.2, 0.25) is 0 Å². The van der Waals surface area contributed by atoms with Crippen molar-refractivity contribution in [3.63, 3.8) is 0 Å². The molecule has 1 unspecified atom stereocenters. The number of nitrogens with zero attached hydrogens (tertiary/aromatic N) is 7. The molecule has 33 heavy (non-hydrogen) atoms. The van der Waals surface area contributed by atoms with Crippen molar-refractivity contribution in [3.05, 3.63) is 42.2 Å². The number of carbonyl (C=O) groups excluding carboxylic acids is 1. The Morgan fingerprint density at radius 3 is 2.33 bits per heavy atom. The van der Waals surface area contributed by atoms with Crippen LogP contribution in [-0.2, 0) is 4.79 Å². The lowest BCUT2D eigenvalue weighted by molar-refractivity contribution is -0.120. The molecule has 3 aromatic rings. The number of anilines is 3. The van der Waals surface area contributed by atoms with E-state index in [1.54, 1.807) is 4.52 Å². The Kier molecular flexibility index (Phi) is 6.13. The predicted molar refractivity (Wildman–Crippen MR) is 130 cm³/mol. The van der Waals surface area contributed by atoms with Crippen LogP contribution in [0.4, 0.5) is 17.2 Å². The average molecular weight is 449 g/mol. The number of hydrogen-bond acceptors (Lipinski definition) is 7. The van der Waals surface area contributed by atoms with Crippen LogP contribution in [0.25, 0.3) is 5.65 Å². The molecule has 2 aliphatic rings. The number of aryl methyl sites for hydroxylation is 1. The normalized spacial score (nSPS) is 18.5. The number of piperidine rings is 1. The molecular formula is C24H32N8O. The summed E-state index contributed by atoms with van der Waals surface area (Å²) in [6.45, 7) is 9.39. The molecule has 0 aliphatic carbocycles. The molecule has 9 heteroatoms. The first-order chi connectivity index (χ1) is 16.1. The van der Waals surface area contributed by atoms with Gasteiger partial charge in [0, 0.05) is 50.6 Å². The van der Waals surface area contributed by atoms with Crippen LogP contribution in [0.3, 0.4) is 0 Å². The fourth-order valence-corrected chi connectivity index (χ4v) is 4.71. The minimum Gasteiger partial charge on any atom is -0.372 e. The molecule has 174 valence electrons. The first-order valence-corrected chi connectivity index (χ1v) is 11.9. The summed E-state index contributed by atoms with van der Waals surface area (Å²) in [6.07, 6.45) is 3.84. The van der Waals surface area contributed by atoms with Gasteiger partial charge in [0.15, 0.2) is 11.5 Å². The van der Waals surface area contributed by atoms with E-state index in [1.807, 2.05) is 38.1 Å². The maximum atomic E-state index is 12.9. The Labute approximate surface area is 194 Å². The first kappa shape index (κ1) is 21.6. The van der Waals surface area contributed by atoms with E-state index in [2.05, 4.69) is 47.4 Å². The van der Waals surface area contributed by atoms with Crippen molar-refractivity contribution in [2.75, 3.05) is 54.4 Å². The molecule has 0 radical (unpaired) electrons. The molecule has 1 N–H and O–H groups in total. The number of rotatable bonds is 5. The number of piperazine rings is 1. The molecule has 4 heterocycles. The first-order valence-electron chi connectivity index (χ1n) is 11.9. The van der Waals surface area contributed by atoms with Crippen LogP contribution in [-0.4, -0.2) is 75.9 Å². The Hall–Kier alpha value is -3.20. The molecule has 1 atom stereocenters. The smallest absolute Gasteiger partial charge is 0.241 e. The quantitative estimate of drug-likeness (QED) is 0.642. The van der Waals surface area contributed by atoms with E-state index >= 15 is 0 Å². The van der Waals surface area contributed by atoms with E-state index in [0.717, 1.165) is 62.2 Å². The topological polar surface area (TPSA) is 81.9 Å². The van der Waals surface area contributed by atoms with Crippen LogP contribution in [0.5, 0.6) is 0 Å². The monoisotopic (exact) mass is 448 g/mol. The van der Waals surface area contributed by atoms with E-state index in [0.29, 0.717) is 0 Å². The zero-order valence-corrected chi connectivity index (χ0v) is 19.4. The molecule has 0 spiro atoms. The number of benzene rings is 1. The zero-order chi connectivity index (χ0) is 22.8. The van der Waals surface area contributed by atoms with Gasteiger partial charge in [0.1, 0.15) is 5.82 Å². The highest BCUT2D eigenvalue weighted by molar-refractivity contribution is 5.94. The molecule has 0 saturated carbocycles. The van der Waals surface area contributed by atoms with Crippen LogP contribution in [0.1, 0.15) is 32.0 Å². The fourth-order valence-electron chi connectivity index (χ4n) is 4.71. The molecule has 2 fully saturated rings. The Morgan fingerprint density at radius 2 is 1.61 bits per heavy atom. The van der Waals surface area contributed by atoms with Crippen LogP contribution in [0.15, 0.2) is 36.4 Å². The van der Waals surface area contributed by atoms with E-state index < -0.39 is 0 Å². The van der Waals surface area contributed by atoms with Crippen LogP contribution >= 0.6 is 0 Å². The minimum atomic E-state index is -0.190. The van der Waals surface area contributed by atoms with Crippen molar-refractivity contribution < 1.29 is 4.79 Å². The van der Waals surface area contributed by atoms with Gasteiger partial charge in [0.25, 0.3) is 0 Å². The maximum Gasteiger partial charge on any atom is 0.241 e. The summed E-state index contributed by atoms with van der Waals surface area (Å²) in [5, 5.41) is 15.9. The summed E-state index contributed by atoms with van der Waals surface area (Å²) in [5.41, 5.74) is 2.85. The van der Waals surface area contributed by atoms with E-state index in [-0.39, 0.29) is 11.9 Å².